The van der Waals surface area contributed by atoms with Crippen molar-refractivity contribution in [3.05, 3.63) is 0 Å². The molecule has 1 N–H and O–H groups in total. The van der Waals surface area contributed by atoms with Crippen LogP contribution in [0.4, 0.5) is 0 Å². The van der Waals surface area contributed by atoms with E-state index in [1.807, 2.05) is 0 Å². The Morgan fingerprint density at radius 3 is 2.86 bits per heavy atom. The minimum atomic E-state index is 0.141. The molecule has 0 heterocycles. The first-order chi connectivity index (χ1) is 6.81. The fourth-order valence-electron chi connectivity index (χ4n) is 0.907. The van der Waals surface area contributed by atoms with Crippen molar-refractivity contribution in [2.45, 2.75) is 26.2 Å². The third-order valence-corrected chi connectivity index (χ3v) is 2.77. The maximum Gasteiger partial charge on any atom is 0.229 e. The van der Waals surface area contributed by atoms with Crippen molar-refractivity contribution < 1.29 is 9.53 Å². The fraction of sp³-hybridized carbons (Fsp3) is 0.900. The Kier molecular flexibility index (Phi) is 10.7. The zero-order chi connectivity index (χ0) is 10.6. The smallest absolute Gasteiger partial charge is 0.229 e. The lowest BCUT2D eigenvalue weighted by Crippen LogP contribution is -2.26. The van der Waals surface area contributed by atoms with Gasteiger partial charge in [0.05, 0.1) is 5.75 Å². The van der Waals surface area contributed by atoms with Gasteiger partial charge in [-0.1, -0.05) is 13.3 Å². The molecule has 0 fully saturated rings. The second-order valence-corrected chi connectivity index (χ2v) is 4.21. The molecule has 0 radical (unpaired) electrons. The van der Waals surface area contributed by atoms with E-state index in [4.69, 9.17) is 4.74 Å². The molecule has 1 amide bonds. The average molecular weight is 219 g/mol. The van der Waals surface area contributed by atoms with Gasteiger partial charge < -0.3 is 10.1 Å². The van der Waals surface area contributed by atoms with E-state index in [-0.39, 0.29) is 5.91 Å². The second-order valence-electron chi connectivity index (χ2n) is 3.10. The van der Waals surface area contributed by atoms with Crippen LogP contribution < -0.4 is 5.32 Å². The molecule has 0 aromatic carbocycles. The Hall–Kier alpha value is -0.220. The van der Waals surface area contributed by atoms with Crippen LogP contribution in [-0.2, 0) is 9.53 Å². The van der Waals surface area contributed by atoms with Gasteiger partial charge in [0, 0.05) is 20.3 Å². The van der Waals surface area contributed by atoms with Crippen LogP contribution in [0.15, 0.2) is 0 Å². The van der Waals surface area contributed by atoms with Crippen LogP contribution in [0.25, 0.3) is 0 Å². The lowest BCUT2D eigenvalue weighted by molar-refractivity contribution is -0.118. The molecule has 0 saturated heterocycles. The van der Waals surface area contributed by atoms with Crippen molar-refractivity contribution in [1.29, 1.82) is 0 Å². The van der Waals surface area contributed by atoms with Crippen LogP contribution in [0.1, 0.15) is 26.2 Å². The van der Waals surface area contributed by atoms with E-state index in [2.05, 4.69) is 12.2 Å². The average Bonchev–Trinajstić information content (AvgIpc) is 2.19. The molecule has 4 heteroatoms. The zero-order valence-corrected chi connectivity index (χ0v) is 9.99. The van der Waals surface area contributed by atoms with E-state index in [1.54, 1.807) is 18.9 Å². The van der Waals surface area contributed by atoms with Gasteiger partial charge in [-0.3, -0.25) is 4.79 Å². The van der Waals surface area contributed by atoms with Crippen LogP contribution in [0.3, 0.4) is 0 Å². The highest BCUT2D eigenvalue weighted by Gasteiger charge is 1.99. The summed E-state index contributed by atoms with van der Waals surface area (Å²) in [5.74, 6) is 1.82. The predicted octanol–water partition coefficient (Wildman–Crippen LogP) is 1.67. The summed E-state index contributed by atoms with van der Waals surface area (Å²) >= 11 is 1.71. The Balaban J connectivity index is 3.11. The topological polar surface area (TPSA) is 38.3 Å². The number of ether oxygens (including phenoxy) is 1. The summed E-state index contributed by atoms with van der Waals surface area (Å²) in [7, 11) is 1.67. The Labute approximate surface area is 91.0 Å². The van der Waals surface area contributed by atoms with Gasteiger partial charge in [0.1, 0.15) is 0 Å². The minimum absolute atomic E-state index is 0.141. The number of nitrogens with one attached hydrogen (secondary N) is 1. The van der Waals surface area contributed by atoms with Crippen LogP contribution in [0.2, 0.25) is 0 Å². The number of carbonyl (C=O) groups is 1. The van der Waals surface area contributed by atoms with Gasteiger partial charge in [-0.25, -0.2) is 0 Å². The van der Waals surface area contributed by atoms with Gasteiger partial charge in [-0.05, 0) is 18.6 Å². The van der Waals surface area contributed by atoms with E-state index < -0.39 is 0 Å². The first kappa shape index (κ1) is 13.8. The molecular formula is C10H21NO2S. The standard InChI is InChI=1S/C10H21NO2S/c1-3-4-8-14-9-10(12)11-6-5-7-13-2/h3-9H2,1-2H3,(H,11,12). The molecule has 0 aliphatic rings. The number of rotatable bonds is 9. The molecule has 0 bridgehead atoms. The van der Waals surface area contributed by atoms with Gasteiger partial charge in [-0.15, -0.1) is 0 Å². The van der Waals surface area contributed by atoms with Crippen molar-refractivity contribution in [2.75, 3.05) is 31.8 Å². The van der Waals surface area contributed by atoms with Gasteiger partial charge in [0.15, 0.2) is 0 Å². The number of hydrogen-bond donors (Lipinski definition) is 1. The SMILES string of the molecule is CCCCSCC(=O)NCCCOC. The molecule has 0 atom stereocenters. The fourth-order valence-corrected chi connectivity index (χ4v) is 1.83. The largest absolute Gasteiger partial charge is 0.385 e. The van der Waals surface area contributed by atoms with Crippen molar-refractivity contribution in [3.63, 3.8) is 0 Å². The van der Waals surface area contributed by atoms with Crippen LogP contribution >= 0.6 is 11.8 Å². The lowest BCUT2D eigenvalue weighted by atomic mass is 10.4. The molecule has 0 aliphatic carbocycles. The van der Waals surface area contributed by atoms with Crippen molar-refractivity contribution in [1.82, 2.24) is 5.32 Å². The number of carbonyl (C=O) groups excluding carboxylic acids is 1. The van der Waals surface area contributed by atoms with Gasteiger partial charge in [0.2, 0.25) is 5.91 Å². The summed E-state index contributed by atoms with van der Waals surface area (Å²) in [4.78, 5) is 11.2. The molecule has 84 valence electrons. The Morgan fingerprint density at radius 1 is 1.43 bits per heavy atom. The summed E-state index contributed by atoms with van der Waals surface area (Å²) < 4.78 is 4.88. The highest BCUT2D eigenvalue weighted by atomic mass is 32.2. The van der Waals surface area contributed by atoms with Crippen LogP contribution in [-0.4, -0.2) is 37.7 Å². The molecular weight excluding hydrogens is 198 g/mol. The molecule has 0 rings (SSSR count). The molecule has 0 aromatic heterocycles. The van der Waals surface area contributed by atoms with E-state index >= 15 is 0 Å². The van der Waals surface area contributed by atoms with Crippen molar-refractivity contribution in [3.8, 4) is 0 Å². The minimum Gasteiger partial charge on any atom is -0.385 e. The van der Waals surface area contributed by atoms with E-state index in [9.17, 15) is 4.79 Å². The third kappa shape index (κ3) is 9.86. The molecule has 0 saturated carbocycles. The lowest BCUT2D eigenvalue weighted by Gasteiger charge is -2.04. The van der Waals surface area contributed by atoms with Crippen LogP contribution in [0, 0.1) is 0 Å². The highest BCUT2D eigenvalue weighted by Crippen LogP contribution is 2.03. The van der Waals surface area contributed by atoms with Gasteiger partial charge in [-0.2, -0.15) is 11.8 Å². The van der Waals surface area contributed by atoms with E-state index in [1.165, 1.54) is 12.8 Å². The first-order valence-corrected chi connectivity index (χ1v) is 6.30. The first-order valence-electron chi connectivity index (χ1n) is 5.14. The number of unbranched alkanes of at least 4 members (excludes halogenated alkanes) is 1. The summed E-state index contributed by atoms with van der Waals surface area (Å²) in [5, 5.41) is 2.85. The Bertz CT molecular complexity index is 128. The number of hydrogen-bond acceptors (Lipinski definition) is 3. The molecule has 3 nitrogen and oxygen atoms in total. The van der Waals surface area contributed by atoms with Crippen molar-refractivity contribution in [2.24, 2.45) is 0 Å². The molecule has 14 heavy (non-hydrogen) atoms. The number of amides is 1. The summed E-state index contributed by atoms with van der Waals surface area (Å²) in [6.07, 6.45) is 3.28. The number of methoxy groups -OCH3 is 1. The van der Waals surface area contributed by atoms with Crippen molar-refractivity contribution >= 4 is 17.7 Å². The van der Waals surface area contributed by atoms with E-state index in [0.29, 0.717) is 12.4 Å². The summed E-state index contributed by atoms with van der Waals surface area (Å²) in [5.41, 5.74) is 0. The Morgan fingerprint density at radius 2 is 2.21 bits per heavy atom. The normalized spacial score (nSPS) is 10.1. The molecule has 0 unspecified atom stereocenters. The second kappa shape index (κ2) is 10.9. The summed E-state index contributed by atoms with van der Waals surface area (Å²) in [6.45, 7) is 3.59. The van der Waals surface area contributed by atoms with E-state index in [0.717, 1.165) is 18.7 Å². The highest BCUT2D eigenvalue weighted by molar-refractivity contribution is 7.99. The molecule has 0 aliphatic heterocycles. The zero-order valence-electron chi connectivity index (χ0n) is 9.17. The quantitative estimate of drug-likeness (QED) is 0.600. The number of thioether (sulfide) groups is 1. The van der Waals surface area contributed by atoms with Crippen LogP contribution in [0.5, 0.6) is 0 Å². The summed E-state index contributed by atoms with van der Waals surface area (Å²) in [6, 6.07) is 0. The molecule has 0 spiro atoms. The maximum absolute atomic E-state index is 11.2. The monoisotopic (exact) mass is 219 g/mol. The predicted molar refractivity (Wildman–Crippen MR) is 61.7 cm³/mol. The third-order valence-electron chi connectivity index (χ3n) is 1.72. The maximum atomic E-state index is 11.2. The molecule has 0 aromatic rings. The van der Waals surface area contributed by atoms with Gasteiger partial charge >= 0.3 is 0 Å². The van der Waals surface area contributed by atoms with Gasteiger partial charge in [0.25, 0.3) is 0 Å².